The molecule has 0 bridgehead atoms. The minimum atomic E-state index is -0.272. The van der Waals surface area contributed by atoms with Crippen molar-refractivity contribution < 1.29 is 9.53 Å². The van der Waals surface area contributed by atoms with Crippen molar-refractivity contribution in [3.63, 3.8) is 0 Å². The largest absolute Gasteiger partial charge is 0.496 e. The van der Waals surface area contributed by atoms with Gasteiger partial charge in [0.1, 0.15) is 5.75 Å². The van der Waals surface area contributed by atoms with E-state index in [1.165, 1.54) is 11.8 Å². The van der Waals surface area contributed by atoms with Crippen molar-refractivity contribution in [2.45, 2.75) is 17.3 Å². The average Bonchev–Trinajstić information content (AvgIpc) is 3.28. The quantitative estimate of drug-likeness (QED) is 0.311. The first kappa shape index (κ1) is 21.5. The Hall–Kier alpha value is -3.72. The number of para-hydroxylation sites is 2. The summed E-state index contributed by atoms with van der Waals surface area (Å²) in [6, 6.07) is 19.1. The molecule has 32 heavy (non-hydrogen) atoms. The highest BCUT2D eigenvalue weighted by Gasteiger charge is 2.21. The van der Waals surface area contributed by atoms with E-state index in [1.807, 2.05) is 54.6 Å². The molecule has 162 valence electrons. The standard InChI is InChI=1S/C23H22N6O2S/c1-31-20-11-6-5-8-17(20)12-15-24-22(30)21-19(16-32-23-25-13-7-14-26-23)29(28-27-21)18-9-3-2-4-10-18/h2-11,13-14H,12,15-16H2,1H3,(H,24,30). The molecule has 9 heteroatoms. The fourth-order valence-electron chi connectivity index (χ4n) is 3.18. The summed E-state index contributed by atoms with van der Waals surface area (Å²) in [7, 11) is 1.64. The minimum Gasteiger partial charge on any atom is -0.496 e. The lowest BCUT2D eigenvalue weighted by molar-refractivity contribution is 0.0948. The molecule has 0 spiro atoms. The Balaban J connectivity index is 1.51. The van der Waals surface area contributed by atoms with Crippen molar-refractivity contribution in [3.05, 3.63) is 90.0 Å². The van der Waals surface area contributed by atoms with Crippen LogP contribution in [0.2, 0.25) is 0 Å². The summed E-state index contributed by atoms with van der Waals surface area (Å²) in [5, 5.41) is 12.0. The van der Waals surface area contributed by atoms with Gasteiger partial charge in [-0.25, -0.2) is 14.6 Å². The SMILES string of the molecule is COc1ccccc1CCNC(=O)c1nnn(-c2ccccc2)c1CSc1ncccn1. The van der Waals surface area contributed by atoms with E-state index >= 15 is 0 Å². The predicted molar refractivity (Wildman–Crippen MR) is 122 cm³/mol. The zero-order valence-electron chi connectivity index (χ0n) is 17.5. The maximum Gasteiger partial charge on any atom is 0.273 e. The van der Waals surface area contributed by atoms with E-state index in [-0.39, 0.29) is 11.6 Å². The van der Waals surface area contributed by atoms with E-state index in [0.29, 0.717) is 29.6 Å². The molecule has 0 radical (unpaired) electrons. The lowest BCUT2D eigenvalue weighted by atomic mass is 10.1. The van der Waals surface area contributed by atoms with Gasteiger partial charge in [0.05, 0.1) is 18.5 Å². The van der Waals surface area contributed by atoms with Gasteiger partial charge in [-0.15, -0.1) is 5.10 Å². The number of amides is 1. The Morgan fingerprint density at radius 1 is 1.03 bits per heavy atom. The number of hydrogen-bond donors (Lipinski definition) is 1. The number of carbonyl (C=O) groups excluding carboxylic acids is 1. The number of hydrogen-bond acceptors (Lipinski definition) is 7. The molecule has 0 unspecified atom stereocenters. The number of benzene rings is 2. The molecule has 2 aromatic heterocycles. The monoisotopic (exact) mass is 446 g/mol. The third-order valence-electron chi connectivity index (χ3n) is 4.73. The first-order valence-electron chi connectivity index (χ1n) is 10.1. The summed E-state index contributed by atoms with van der Waals surface area (Å²) < 4.78 is 7.07. The number of carbonyl (C=O) groups is 1. The second kappa shape index (κ2) is 10.5. The molecule has 4 aromatic rings. The van der Waals surface area contributed by atoms with Crippen molar-refractivity contribution in [1.29, 1.82) is 0 Å². The van der Waals surface area contributed by atoms with E-state index in [1.54, 1.807) is 30.3 Å². The first-order valence-corrected chi connectivity index (χ1v) is 11.0. The molecule has 0 aliphatic rings. The Bertz CT molecular complexity index is 1170. The second-order valence-electron chi connectivity index (χ2n) is 6.77. The summed E-state index contributed by atoms with van der Waals surface area (Å²) in [5.41, 5.74) is 2.83. The molecular formula is C23H22N6O2S. The maximum atomic E-state index is 13.0. The highest BCUT2D eigenvalue weighted by atomic mass is 32.2. The molecule has 0 saturated carbocycles. The van der Waals surface area contributed by atoms with Gasteiger partial charge in [-0.2, -0.15) is 0 Å². The molecular weight excluding hydrogens is 424 g/mol. The number of ether oxygens (including phenoxy) is 1. The van der Waals surface area contributed by atoms with Crippen molar-refractivity contribution >= 4 is 17.7 Å². The number of rotatable bonds is 9. The van der Waals surface area contributed by atoms with Crippen LogP contribution >= 0.6 is 11.8 Å². The van der Waals surface area contributed by atoms with Gasteiger partial charge in [0.25, 0.3) is 5.91 Å². The third kappa shape index (κ3) is 5.12. The van der Waals surface area contributed by atoms with Gasteiger partial charge in [0, 0.05) is 24.7 Å². The van der Waals surface area contributed by atoms with Crippen molar-refractivity contribution in [3.8, 4) is 11.4 Å². The van der Waals surface area contributed by atoms with Gasteiger partial charge in [0.2, 0.25) is 0 Å². The molecule has 0 aliphatic carbocycles. The van der Waals surface area contributed by atoms with E-state index in [0.717, 1.165) is 17.0 Å². The van der Waals surface area contributed by atoms with E-state index in [9.17, 15) is 4.79 Å². The molecule has 2 aromatic carbocycles. The number of thioether (sulfide) groups is 1. The van der Waals surface area contributed by atoms with Crippen molar-refractivity contribution in [2.24, 2.45) is 0 Å². The molecule has 0 fully saturated rings. The number of methoxy groups -OCH3 is 1. The van der Waals surface area contributed by atoms with Crippen LogP contribution in [-0.4, -0.2) is 44.5 Å². The van der Waals surface area contributed by atoms with Gasteiger partial charge in [-0.3, -0.25) is 4.79 Å². The van der Waals surface area contributed by atoms with Gasteiger partial charge < -0.3 is 10.1 Å². The van der Waals surface area contributed by atoms with E-state index in [4.69, 9.17) is 4.74 Å². The number of nitrogens with one attached hydrogen (secondary N) is 1. The van der Waals surface area contributed by atoms with Crippen LogP contribution in [0.5, 0.6) is 5.75 Å². The van der Waals surface area contributed by atoms with Crippen molar-refractivity contribution in [2.75, 3.05) is 13.7 Å². The molecule has 2 heterocycles. The zero-order valence-corrected chi connectivity index (χ0v) is 18.3. The Morgan fingerprint density at radius 3 is 2.56 bits per heavy atom. The maximum absolute atomic E-state index is 13.0. The van der Waals surface area contributed by atoms with Crippen LogP contribution in [0.25, 0.3) is 5.69 Å². The van der Waals surface area contributed by atoms with E-state index in [2.05, 4.69) is 25.6 Å². The second-order valence-corrected chi connectivity index (χ2v) is 7.71. The topological polar surface area (TPSA) is 94.8 Å². The molecule has 1 N–H and O–H groups in total. The Morgan fingerprint density at radius 2 is 1.78 bits per heavy atom. The Kier molecular flexibility index (Phi) is 7.08. The normalized spacial score (nSPS) is 10.7. The Labute approximate surface area is 190 Å². The number of nitrogens with zero attached hydrogens (tertiary/aromatic N) is 5. The van der Waals surface area contributed by atoms with Crippen LogP contribution in [0.15, 0.2) is 78.2 Å². The average molecular weight is 447 g/mol. The zero-order chi connectivity index (χ0) is 22.2. The molecule has 0 saturated heterocycles. The third-order valence-corrected chi connectivity index (χ3v) is 5.62. The fourth-order valence-corrected chi connectivity index (χ4v) is 3.98. The molecule has 0 aliphatic heterocycles. The summed E-state index contributed by atoms with van der Waals surface area (Å²) in [4.78, 5) is 21.5. The van der Waals surface area contributed by atoms with Crippen LogP contribution in [-0.2, 0) is 12.2 Å². The van der Waals surface area contributed by atoms with Crippen LogP contribution in [0.3, 0.4) is 0 Å². The van der Waals surface area contributed by atoms with Crippen molar-refractivity contribution in [1.82, 2.24) is 30.3 Å². The summed E-state index contributed by atoms with van der Waals surface area (Å²) in [6.45, 7) is 0.450. The van der Waals surface area contributed by atoms with Crippen LogP contribution < -0.4 is 10.1 Å². The van der Waals surface area contributed by atoms with E-state index < -0.39 is 0 Å². The first-order chi connectivity index (χ1) is 15.8. The van der Waals surface area contributed by atoms with Gasteiger partial charge >= 0.3 is 0 Å². The fraction of sp³-hybridized carbons (Fsp3) is 0.174. The summed E-state index contributed by atoms with van der Waals surface area (Å²) >= 11 is 1.42. The van der Waals surface area contributed by atoms with Gasteiger partial charge in [0.15, 0.2) is 10.9 Å². The number of aromatic nitrogens is 5. The van der Waals surface area contributed by atoms with Crippen LogP contribution in [0.4, 0.5) is 0 Å². The molecule has 1 amide bonds. The van der Waals surface area contributed by atoms with Crippen LogP contribution in [0.1, 0.15) is 21.7 Å². The van der Waals surface area contributed by atoms with Gasteiger partial charge in [-0.05, 0) is 36.2 Å². The lowest BCUT2D eigenvalue weighted by Crippen LogP contribution is -2.27. The molecule has 4 rings (SSSR count). The molecule has 8 nitrogen and oxygen atoms in total. The lowest BCUT2D eigenvalue weighted by Gasteiger charge is -2.10. The van der Waals surface area contributed by atoms with Gasteiger partial charge in [-0.1, -0.05) is 53.4 Å². The molecule has 0 atom stereocenters. The minimum absolute atomic E-state index is 0.272. The smallest absolute Gasteiger partial charge is 0.273 e. The van der Waals surface area contributed by atoms with Crippen LogP contribution in [0, 0.1) is 0 Å². The highest BCUT2D eigenvalue weighted by Crippen LogP contribution is 2.23. The summed E-state index contributed by atoms with van der Waals surface area (Å²) in [5.74, 6) is 0.977. The predicted octanol–water partition coefficient (Wildman–Crippen LogP) is 3.33. The summed E-state index contributed by atoms with van der Waals surface area (Å²) in [6.07, 6.45) is 4.02. The highest BCUT2D eigenvalue weighted by molar-refractivity contribution is 7.98.